The number of nitrogens with one attached hydrogen (secondary N) is 1. The van der Waals surface area contributed by atoms with Gasteiger partial charge < -0.3 is 10.1 Å². The summed E-state index contributed by atoms with van der Waals surface area (Å²) in [5.41, 5.74) is 1.96. The van der Waals surface area contributed by atoms with Crippen LogP contribution >= 0.6 is 11.6 Å². The minimum absolute atomic E-state index is 0.220. The fraction of sp³-hybridized carbons (Fsp3) is 0.235. The number of sulfone groups is 1. The molecule has 0 unspecified atom stereocenters. The van der Waals surface area contributed by atoms with E-state index in [9.17, 15) is 13.2 Å². The van der Waals surface area contributed by atoms with Gasteiger partial charge in [-0.2, -0.15) is 0 Å². The Morgan fingerprint density at radius 2 is 1.83 bits per heavy atom. The standard InChI is InChI=1S/C17H18ClNO4S/c1-12-3-8-16(23-2)15(9-12)19-17(20)11-24(21,22)10-13-4-6-14(18)7-5-13/h3-9H,10-11H2,1-2H3,(H,19,20). The number of aryl methyl sites for hydroxylation is 1. The van der Waals surface area contributed by atoms with Gasteiger partial charge in [0.25, 0.3) is 0 Å². The van der Waals surface area contributed by atoms with Crippen molar-refractivity contribution in [2.75, 3.05) is 18.2 Å². The smallest absolute Gasteiger partial charge is 0.239 e. The van der Waals surface area contributed by atoms with Crippen molar-refractivity contribution in [3.63, 3.8) is 0 Å². The van der Waals surface area contributed by atoms with Crippen molar-refractivity contribution < 1.29 is 17.9 Å². The Bertz CT molecular complexity index is 832. The van der Waals surface area contributed by atoms with E-state index in [0.29, 0.717) is 22.0 Å². The molecule has 2 aromatic carbocycles. The van der Waals surface area contributed by atoms with E-state index in [2.05, 4.69) is 5.32 Å². The second-order valence-corrected chi connectivity index (χ2v) is 7.91. The molecule has 0 spiro atoms. The highest BCUT2D eigenvalue weighted by atomic mass is 35.5. The summed E-state index contributed by atoms with van der Waals surface area (Å²) < 4.78 is 29.5. The lowest BCUT2D eigenvalue weighted by Crippen LogP contribution is -2.24. The van der Waals surface area contributed by atoms with Crippen molar-refractivity contribution in [3.8, 4) is 5.75 Å². The van der Waals surface area contributed by atoms with Gasteiger partial charge in [0.1, 0.15) is 11.5 Å². The van der Waals surface area contributed by atoms with Crippen LogP contribution < -0.4 is 10.1 Å². The molecular formula is C17H18ClNO4S. The molecule has 128 valence electrons. The first kappa shape index (κ1) is 18.3. The van der Waals surface area contributed by atoms with Gasteiger partial charge in [-0.05, 0) is 42.3 Å². The molecule has 24 heavy (non-hydrogen) atoms. The Kier molecular flexibility index (Phi) is 5.85. The van der Waals surface area contributed by atoms with E-state index in [1.54, 1.807) is 36.4 Å². The van der Waals surface area contributed by atoms with Crippen molar-refractivity contribution >= 4 is 33.0 Å². The van der Waals surface area contributed by atoms with E-state index in [0.717, 1.165) is 5.56 Å². The number of benzene rings is 2. The van der Waals surface area contributed by atoms with Gasteiger partial charge in [-0.25, -0.2) is 8.42 Å². The van der Waals surface area contributed by atoms with Crippen LogP contribution in [0.2, 0.25) is 5.02 Å². The summed E-state index contributed by atoms with van der Waals surface area (Å²) in [5, 5.41) is 3.12. The van der Waals surface area contributed by atoms with Gasteiger partial charge in [-0.3, -0.25) is 4.79 Å². The maximum Gasteiger partial charge on any atom is 0.239 e. The van der Waals surface area contributed by atoms with Crippen LogP contribution in [0.4, 0.5) is 5.69 Å². The fourth-order valence-electron chi connectivity index (χ4n) is 2.19. The number of methoxy groups -OCH3 is 1. The molecule has 0 aliphatic rings. The number of anilines is 1. The Hall–Kier alpha value is -2.05. The summed E-state index contributed by atoms with van der Waals surface area (Å²) in [4.78, 5) is 12.1. The lowest BCUT2D eigenvalue weighted by molar-refractivity contribution is -0.113. The lowest BCUT2D eigenvalue weighted by Gasteiger charge is -2.11. The number of carbonyl (C=O) groups is 1. The second kappa shape index (κ2) is 7.68. The molecule has 1 amide bonds. The second-order valence-electron chi connectivity index (χ2n) is 5.41. The van der Waals surface area contributed by atoms with Crippen LogP contribution in [-0.4, -0.2) is 27.2 Å². The minimum atomic E-state index is -3.59. The average Bonchev–Trinajstić information content (AvgIpc) is 2.49. The quantitative estimate of drug-likeness (QED) is 0.850. The first-order valence-electron chi connectivity index (χ1n) is 7.18. The monoisotopic (exact) mass is 367 g/mol. The van der Waals surface area contributed by atoms with Crippen LogP contribution in [0.1, 0.15) is 11.1 Å². The predicted octanol–water partition coefficient (Wildman–Crippen LogP) is 3.21. The van der Waals surface area contributed by atoms with Gasteiger partial charge >= 0.3 is 0 Å². The number of halogens is 1. The van der Waals surface area contributed by atoms with E-state index >= 15 is 0 Å². The van der Waals surface area contributed by atoms with Crippen LogP contribution in [0.25, 0.3) is 0 Å². The number of ether oxygens (including phenoxy) is 1. The zero-order valence-electron chi connectivity index (χ0n) is 13.4. The predicted molar refractivity (Wildman–Crippen MR) is 95.3 cm³/mol. The highest BCUT2D eigenvalue weighted by Gasteiger charge is 2.18. The highest BCUT2D eigenvalue weighted by Crippen LogP contribution is 2.25. The Morgan fingerprint density at radius 1 is 1.17 bits per heavy atom. The van der Waals surface area contributed by atoms with Crippen molar-refractivity contribution in [2.24, 2.45) is 0 Å². The Morgan fingerprint density at radius 3 is 2.46 bits per heavy atom. The SMILES string of the molecule is COc1ccc(C)cc1NC(=O)CS(=O)(=O)Cc1ccc(Cl)cc1. The van der Waals surface area contributed by atoms with E-state index in [-0.39, 0.29) is 5.75 Å². The third-order valence-corrected chi connectivity index (χ3v) is 5.01. The van der Waals surface area contributed by atoms with Crippen molar-refractivity contribution in [3.05, 3.63) is 58.6 Å². The normalized spacial score (nSPS) is 11.1. The van der Waals surface area contributed by atoms with Crippen LogP contribution in [0.15, 0.2) is 42.5 Å². The molecule has 0 atom stereocenters. The van der Waals surface area contributed by atoms with Crippen LogP contribution in [0, 0.1) is 6.92 Å². The number of hydrogen-bond acceptors (Lipinski definition) is 4. The van der Waals surface area contributed by atoms with E-state index in [1.165, 1.54) is 7.11 Å². The topological polar surface area (TPSA) is 72.5 Å². The van der Waals surface area contributed by atoms with Crippen molar-refractivity contribution in [1.82, 2.24) is 0 Å². The third-order valence-electron chi connectivity index (χ3n) is 3.28. The molecule has 2 aromatic rings. The molecule has 0 bridgehead atoms. The van der Waals surface area contributed by atoms with Gasteiger partial charge in [0.2, 0.25) is 5.91 Å². The van der Waals surface area contributed by atoms with Gasteiger partial charge in [0, 0.05) is 5.02 Å². The van der Waals surface area contributed by atoms with Crippen LogP contribution in [0.5, 0.6) is 5.75 Å². The summed E-state index contributed by atoms with van der Waals surface area (Å²) in [6.45, 7) is 1.87. The van der Waals surface area contributed by atoms with Crippen LogP contribution in [-0.2, 0) is 20.4 Å². The zero-order chi connectivity index (χ0) is 17.7. The molecule has 0 radical (unpaired) electrons. The van der Waals surface area contributed by atoms with Gasteiger partial charge in [-0.1, -0.05) is 29.8 Å². The number of carbonyl (C=O) groups excluding carboxylic acids is 1. The molecule has 2 rings (SSSR count). The Labute approximate surface area is 146 Å². The molecule has 0 aliphatic carbocycles. The fourth-order valence-corrected chi connectivity index (χ4v) is 3.59. The first-order chi connectivity index (χ1) is 11.3. The third kappa shape index (κ3) is 5.25. The molecule has 5 nitrogen and oxygen atoms in total. The summed E-state index contributed by atoms with van der Waals surface area (Å²) in [6.07, 6.45) is 0. The van der Waals surface area contributed by atoms with E-state index in [4.69, 9.17) is 16.3 Å². The molecule has 0 heterocycles. The molecule has 7 heteroatoms. The summed E-state index contributed by atoms with van der Waals surface area (Å²) in [7, 11) is -2.11. The lowest BCUT2D eigenvalue weighted by atomic mass is 10.2. The summed E-state index contributed by atoms with van der Waals surface area (Å²) in [5.74, 6) is -0.952. The molecular weight excluding hydrogens is 350 g/mol. The van der Waals surface area contributed by atoms with Gasteiger partial charge in [0.05, 0.1) is 18.6 Å². The molecule has 0 aromatic heterocycles. The summed E-state index contributed by atoms with van der Waals surface area (Å²) >= 11 is 5.77. The maximum absolute atomic E-state index is 12.2. The van der Waals surface area contributed by atoms with Crippen molar-refractivity contribution in [1.29, 1.82) is 0 Å². The molecule has 0 saturated carbocycles. The van der Waals surface area contributed by atoms with Crippen molar-refractivity contribution in [2.45, 2.75) is 12.7 Å². The molecule has 0 aliphatic heterocycles. The largest absolute Gasteiger partial charge is 0.495 e. The number of hydrogen-bond donors (Lipinski definition) is 1. The molecule has 1 N–H and O–H groups in total. The van der Waals surface area contributed by atoms with Crippen LogP contribution in [0.3, 0.4) is 0 Å². The van der Waals surface area contributed by atoms with Gasteiger partial charge in [0.15, 0.2) is 9.84 Å². The zero-order valence-corrected chi connectivity index (χ0v) is 14.9. The molecule has 0 saturated heterocycles. The minimum Gasteiger partial charge on any atom is -0.495 e. The number of amides is 1. The van der Waals surface area contributed by atoms with Gasteiger partial charge in [-0.15, -0.1) is 0 Å². The Balaban J connectivity index is 2.05. The maximum atomic E-state index is 12.2. The number of rotatable bonds is 6. The summed E-state index contributed by atoms with van der Waals surface area (Å²) in [6, 6.07) is 11.8. The van der Waals surface area contributed by atoms with E-state index in [1.807, 2.05) is 13.0 Å². The highest BCUT2D eigenvalue weighted by molar-refractivity contribution is 7.91. The van der Waals surface area contributed by atoms with E-state index < -0.39 is 21.5 Å². The first-order valence-corrected chi connectivity index (χ1v) is 9.38. The average molecular weight is 368 g/mol. The molecule has 0 fully saturated rings.